The SMILES string of the molecule is c1ccc(-c2ccc(-c3cc4ccccc4c4ccccc34)cc2N(c2ccccc2)c2cccc(-c3ccc4ccccc4c3)c2)cc1. The number of hydrogen-bond acceptors (Lipinski definition) is 1. The van der Waals surface area contributed by atoms with Crippen molar-refractivity contribution in [2.24, 2.45) is 0 Å². The Morgan fingerprint density at radius 2 is 0.857 bits per heavy atom. The van der Waals surface area contributed by atoms with Crippen molar-refractivity contribution in [3.8, 4) is 33.4 Å². The molecule has 1 nitrogen and oxygen atoms in total. The molecule has 0 amide bonds. The molecule has 0 aliphatic heterocycles. The second-order valence-electron chi connectivity index (χ2n) is 12.6. The van der Waals surface area contributed by atoms with E-state index < -0.39 is 0 Å². The van der Waals surface area contributed by atoms with Gasteiger partial charge in [0.25, 0.3) is 0 Å². The van der Waals surface area contributed by atoms with Crippen LogP contribution in [0, 0.1) is 0 Å². The summed E-state index contributed by atoms with van der Waals surface area (Å²) in [5.74, 6) is 0. The minimum atomic E-state index is 1.11. The lowest BCUT2D eigenvalue weighted by molar-refractivity contribution is 1.28. The first-order valence-corrected chi connectivity index (χ1v) is 16.8. The number of nitrogens with zero attached hydrogens (tertiary/aromatic N) is 1. The van der Waals surface area contributed by atoms with Gasteiger partial charge in [0.1, 0.15) is 0 Å². The van der Waals surface area contributed by atoms with Gasteiger partial charge in [-0.1, -0.05) is 158 Å². The number of benzene rings is 9. The molecule has 0 heterocycles. The van der Waals surface area contributed by atoms with Crippen molar-refractivity contribution in [3.63, 3.8) is 0 Å². The largest absolute Gasteiger partial charge is 0.310 e. The summed E-state index contributed by atoms with van der Waals surface area (Å²) in [4.78, 5) is 2.42. The zero-order valence-electron chi connectivity index (χ0n) is 27.0. The van der Waals surface area contributed by atoms with Crippen molar-refractivity contribution in [1.82, 2.24) is 0 Å². The topological polar surface area (TPSA) is 3.24 Å². The summed E-state index contributed by atoms with van der Waals surface area (Å²) in [6.45, 7) is 0. The summed E-state index contributed by atoms with van der Waals surface area (Å²) in [7, 11) is 0. The summed E-state index contributed by atoms with van der Waals surface area (Å²) >= 11 is 0. The molecule has 9 rings (SSSR count). The Hall–Kier alpha value is -6.44. The lowest BCUT2D eigenvalue weighted by Crippen LogP contribution is -2.11. The van der Waals surface area contributed by atoms with Crippen LogP contribution in [-0.4, -0.2) is 0 Å². The standard InChI is InChI=1S/C48H33N/c1-3-15-35(16-4-1)44-29-28-40(47-32-39-18-9-10-23-43(39)45-24-11-12-25-46(45)47)33-48(44)49(41-20-5-2-6-21-41)42-22-13-19-37(31-42)38-27-26-34-14-7-8-17-36(34)30-38/h1-33H. The maximum absolute atomic E-state index is 2.42. The Morgan fingerprint density at radius 3 is 1.67 bits per heavy atom. The summed E-state index contributed by atoms with van der Waals surface area (Å²) in [6, 6.07) is 72.6. The molecule has 9 aromatic carbocycles. The Balaban J connectivity index is 1.29. The molecule has 0 fully saturated rings. The van der Waals surface area contributed by atoms with E-state index in [1.807, 2.05) is 0 Å². The van der Waals surface area contributed by atoms with E-state index >= 15 is 0 Å². The Labute approximate surface area is 287 Å². The molecule has 0 aliphatic carbocycles. The fraction of sp³-hybridized carbons (Fsp3) is 0. The second kappa shape index (κ2) is 12.3. The van der Waals surface area contributed by atoms with Crippen LogP contribution < -0.4 is 4.90 Å². The highest BCUT2D eigenvalue weighted by atomic mass is 15.1. The van der Waals surface area contributed by atoms with Crippen LogP contribution >= 0.6 is 0 Å². The fourth-order valence-corrected chi connectivity index (χ4v) is 7.24. The van der Waals surface area contributed by atoms with Gasteiger partial charge in [-0.2, -0.15) is 0 Å². The third kappa shape index (κ3) is 5.32. The molecule has 0 N–H and O–H groups in total. The fourth-order valence-electron chi connectivity index (χ4n) is 7.24. The first-order chi connectivity index (χ1) is 24.3. The predicted molar refractivity (Wildman–Crippen MR) is 210 cm³/mol. The van der Waals surface area contributed by atoms with Gasteiger partial charge in [-0.3, -0.25) is 0 Å². The van der Waals surface area contributed by atoms with Crippen molar-refractivity contribution in [2.75, 3.05) is 4.90 Å². The molecule has 0 radical (unpaired) electrons. The zero-order chi connectivity index (χ0) is 32.6. The third-order valence-electron chi connectivity index (χ3n) is 9.60. The van der Waals surface area contributed by atoms with E-state index in [9.17, 15) is 0 Å². The quantitative estimate of drug-likeness (QED) is 0.167. The third-order valence-corrected chi connectivity index (χ3v) is 9.60. The van der Waals surface area contributed by atoms with Crippen molar-refractivity contribution < 1.29 is 0 Å². The number of rotatable bonds is 6. The van der Waals surface area contributed by atoms with Crippen LogP contribution in [0.1, 0.15) is 0 Å². The van der Waals surface area contributed by atoms with E-state index in [1.54, 1.807) is 0 Å². The average Bonchev–Trinajstić information content (AvgIpc) is 3.18. The van der Waals surface area contributed by atoms with Crippen LogP contribution in [0.15, 0.2) is 200 Å². The van der Waals surface area contributed by atoms with Gasteiger partial charge < -0.3 is 4.90 Å². The highest BCUT2D eigenvalue weighted by Crippen LogP contribution is 2.45. The minimum absolute atomic E-state index is 1.11. The van der Waals surface area contributed by atoms with Crippen molar-refractivity contribution in [1.29, 1.82) is 0 Å². The first-order valence-electron chi connectivity index (χ1n) is 16.8. The monoisotopic (exact) mass is 623 g/mol. The Bertz CT molecular complexity index is 2600. The van der Waals surface area contributed by atoms with E-state index in [1.165, 1.54) is 65.7 Å². The molecule has 0 atom stereocenters. The van der Waals surface area contributed by atoms with E-state index in [0.717, 1.165) is 17.1 Å². The van der Waals surface area contributed by atoms with Gasteiger partial charge in [-0.25, -0.2) is 0 Å². The van der Waals surface area contributed by atoms with Crippen LogP contribution in [-0.2, 0) is 0 Å². The van der Waals surface area contributed by atoms with Crippen molar-refractivity contribution in [3.05, 3.63) is 200 Å². The van der Waals surface area contributed by atoms with Crippen molar-refractivity contribution >= 4 is 49.4 Å². The summed E-state index contributed by atoms with van der Waals surface area (Å²) in [5.41, 5.74) is 10.5. The van der Waals surface area contributed by atoms with E-state index in [0.29, 0.717) is 0 Å². The maximum atomic E-state index is 2.42. The number of fused-ring (bicyclic) bond motifs is 4. The van der Waals surface area contributed by atoms with Crippen molar-refractivity contribution in [2.45, 2.75) is 0 Å². The average molecular weight is 624 g/mol. The highest BCUT2D eigenvalue weighted by molar-refractivity contribution is 6.14. The predicted octanol–water partition coefficient (Wildman–Crippen LogP) is 13.6. The van der Waals surface area contributed by atoms with Gasteiger partial charge in [-0.05, 0) is 103 Å². The molecule has 49 heavy (non-hydrogen) atoms. The molecule has 0 bridgehead atoms. The number of hydrogen-bond donors (Lipinski definition) is 0. The van der Waals surface area contributed by atoms with E-state index in [2.05, 4.69) is 205 Å². The molecule has 0 spiro atoms. The number of para-hydroxylation sites is 1. The molecule has 0 saturated carbocycles. The molecular formula is C48H33N. The molecule has 1 heteroatoms. The molecular weight excluding hydrogens is 591 g/mol. The molecule has 9 aromatic rings. The van der Waals surface area contributed by atoms with Crippen LogP contribution in [0.3, 0.4) is 0 Å². The first kappa shape index (κ1) is 28.8. The van der Waals surface area contributed by atoms with Gasteiger partial charge in [0.15, 0.2) is 0 Å². The Kier molecular flexibility index (Phi) is 7.22. The molecule has 0 unspecified atom stereocenters. The van der Waals surface area contributed by atoms with Gasteiger partial charge >= 0.3 is 0 Å². The zero-order valence-corrected chi connectivity index (χ0v) is 27.0. The molecule has 0 aliphatic rings. The van der Waals surface area contributed by atoms with E-state index in [4.69, 9.17) is 0 Å². The summed E-state index contributed by atoms with van der Waals surface area (Å²) < 4.78 is 0. The van der Waals surface area contributed by atoms with Gasteiger partial charge in [0, 0.05) is 16.9 Å². The lowest BCUT2D eigenvalue weighted by atomic mass is 9.91. The van der Waals surface area contributed by atoms with Crippen LogP contribution in [0.2, 0.25) is 0 Å². The Morgan fingerprint density at radius 1 is 0.265 bits per heavy atom. The summed E-state index contributed by atoms with van der Waals surface area (Å²) in [5, 5.41) is 7.54. The second-order valence-corrected chi connectivity index (χ2v) is 12.6. The van der Waals surface area contributed by atoms with Gasteiger partial charge in [0.2, 0.25) is 0 Å². The minimum Gasteiger partial charge on any atom is -0.310 e. The van der Waals surface area contributed by atoms with Gasteiger partial charge in [0.05, 0.1) is 5.69 Å². The van der Waals surface area contributed by atoms with Gasteiger partial charge in [-0.15, -0.1) is 0 Å². The van der Waals surface area contributed by atoms with E-state index in [-0.39, 0.29) is 0 Å². The summed E-state index contributed by atoms with van der Waals surface area (Å²) in [6.07, 6.45) is 0. The van der Waals surface area contributed by atoms with Crippen LogP contribution in [0.4, 0.5) is 17.1 Å². The highest BCUT2D eigenvalue weighted by Gasteiger charge is 2.20. The smallest absolute Gasteiger partial charge is 0.0546 e. The lowest BCUT2D eigenvalue weighted by Gasteiger charge is -2.29. The normalized spacial score (nSPS) is 11.3. The number of anilines is 3. The maximum Gasteiger partial charge on any atom is 0.0546 e. The van der Waals surface area contributed by atoms with Crippen LogP contribution in [0.25, 0.3) is 65.7 Å². The molecule has 230 valence electrons. The van der Waals surface area contributed by atoms with Crippen LogP contribution in [0.5, 0.6) is 0 Å². The molecule has 0 saturated heterocycles. The molecule has 0 aromatic heterocycles.